The smallest absolute Gasteiger partial charge is 0.338 e. The number of aromatic carboxylic acids is 1. The number of halogens is 2. The Hall–Kier alpha value is -2.80. The molecular formula is C20H21ClFNO5. The normalized spacial score (nSPS) is 10.6. The Bertz CT molecular complexity index is 883. The van der Waals surface area contributed by atoms with Crippen LogP contribution < -0.4 is 14.8 Å². The van der Waals surface area contributed by atoms with E-state index in [0.29, 0.717) is 11.5 Å². The van der Waals surface area contributed by atoms with Gasteiger partial charge in [0, 0.05) is 11.3 Å². The van der Waals surface area contributed by atoms with E-state index in [-0.39, 0.29) is 22.4 Å². The maximum Gasteiger partial charge on any atom is 0.338 e. The van der Waals surface area contributed by atoms with Gasteiger partial charge in [0.15, 0.2) is 11.5 Å². The number of hydrogen-bond acceptors (Lipinski definition) is 4. The highest BCUT2D eigenvalue weighted by atomic mass is 35.5. The van der Waals surface area contributed by atoms with Crippen LogP contribution in [0.5, 0.6) is 11.5 Å². The van der Waals surface area contributed by atoms with Crippen LogP contribution in [-0.4, -0.2) is 30.2 Å². The summed E-state index contributed by atoms with van der Waals surface area (Å²) in [5, 5.41) is 11.6. The van der Waals surface area contributed by atoms with E-state index in [1.807, 2.05) is 13.8 Å². The molecule has 0 atom stereocenters. The summed E-state index contributed by atoms with van der Waals surface area (Å²) < 4.78 is 25.0. The molecule has 28 heavy (non-hydrogen) atoms. The molecule has 0 aliphatic rings. The summed E-state index contributed by atoms with van der Waals surface area (Å²) in [7, 11) is 1.45. The highest BCUT2D eigenvalue weighted by molar-refractivity contribution is 6.32. The number of rotatable bonds is 8. The first kappa shape index (κ1) is 21.5. The van der Waals surface area contributed by atoms with Crippen LogP contribution in [0.1, 0.15) is 47.4 Å². The number of nitrogens with one attached hydrogen (secondary N) is 1. The van der Waals surface area contributed by atoms with Crippen LogP contribution in [0, 0.1) is 5.82 Å². The monoisotopic (exact) mass is 409 g/mol. The SMILES string of the molecule is CCC(CC)Oc1cc(C(=O)Nc2ccc(C(=O)O)c(F)c2)cc(Cl)c1OC. The van der Waals surface area contributed by atoms with Crippen molar-refractivity contribution in [1.82, 2.24) is 0 Å². The van der Waals surface area contributed by atoms with Gasteiger partial charge >= 0.3 is 5.97 Å². The summed E-state index contributed by atoms with van der Waals surface area (Å²) in [6, 6.07) is 6.24. The fourth-order valence-electron chi connectivity index (χ4n) is 2.59. The number of ether oxygens (including phenoxy) is 2. The number of anilines is 1. The van der Waals surface area contributed by atoms with Gasteiger partial charge in [-0.2, -0.15) is 0 Å². The molecule has 0 aliphatic heterocycles. The van der Waals surface area contributed by atoms with Crippen LogP contribution in [-0.2, 0) is 0 Å². The zero-order valence-corrected chi connectivity index (χ0v) is 16.5. The van der Waals surface area contributed by atoms with E-state index < -0.39 is 23.3 Å². The summed E-state index contributed by atoms with van der Waals surface area (Å²) in [6.07, 6.45) is 1.46. The topological polar surface area (TPSA) is 84.9 Å². The highest BCUT2D eigenvalue weighted by Crippen LogP contribution is 2.37. The Morgan fingerprint density at radius 2 is 1.89 bits per heavy atom. The predicted molar refractivity (Wildman–Crippen MR) is 104 cm³/mol. The maximum atomic E-state index is 13.8. The Balaban J connectivity index is 2.31. The molecule has 0 aliphatic carbocycles. The third-order valence-electron chi connectivity index (χ3n) is 4.14. The van der Waals surface area contributed by atoms with E-state index in [4.69, 9.17) is 26.2 Å². The molecule has 2 rings (SSSR count). The van der Waals surface area contributed by atoms with E-state index in [1.54, 1.807) is 0 Å². The van der Waals surface area contributed by atoms with Crippen molar-refractivity contribution in [3.63, 3.8) is 0 Å². The molecule has 0 saturated carbocycles. The molecule has 150 valence electrons. The average molecular weight is 410 g/mol. The molecule has 0 bridgehead atoms. The predicted octanol–water partition coefficient (Wildman–Crippen LogP) is 5.01. The molecule has 0 spiro atoms. The lowest BCUT2D eigenvalue weighted by atomic mass is 10.1. The van der Waals surface area contributed by atoms with Gasteiger partial charge in [-0.15, -0.1) is 0 Å². The first-order valence-electron chi connectivity index (χ1n) is 8.69. The average Bonchev–Trinajstić information content (AvgIpc) is 2.65. The van der Waals surface area contributed by atoms with Gasteiger partial charge in [0.1, 0.15) is 5.82 Å². The van der Waals surface area contributed by atoms with Gasteiger partial charge in [0.2, 0.25) is 0 Å². The molecule has 6 nitrogen and oxygen atoms in total. The van der Waals surface area contributed by atoms with Crippen LogP contribution in [0.25, 0.3) is 0 Å². The van der Waals surface area contributed by atoms with Crippen molar-refractivity contribution in [2.45, 2.75) is 32.8 Å². The summed E-state index contributed by atoms with van der Waals surface area (Å²) in [5.74, 6) is -2.24. The Labute approximate surface area is 167 Å². The molecule has 0 radical (unpaired) electrons. The van der Waals surface area contributed by atoms with Crippen LogP contribution in [0.4, 0.5) is 10.1 Å². The fourth-order valence-corrected chi connectivity index (χ4v) is 2.88. The summed E-state index contributed by atoms with van der Waals surface area (Å²) in [6.45, 7) is 3.96. The zero-order valence-electron chi connectivity index (χ0n) is 15.7. The second-order valence-electron chi connectivity index (χ2n) is 6.00. The second-order valence-corrected chi connectivity index (χ2v) is 6.41. The van der Waals surface area contributed by atoms with Crippen molar-refractivity contribution in [2.75, 3.05) is 12.4 Å². The van der Waals surface area contributed by atoms with Crippen molar-refractivity contribution < 1.29 is 28.6 Å². The van der Waals surface area contributed by atoms with Crippen LogP contribution >= 0.6 is 11.6 Å². The van der Waals surface area contributed by atoms with Gasteiger partial charge < -0.3 is 19.9 Å². The lowest BCUT2D eigenvalue weighted by Crippen LogP contribution is -2.16. The van der Waals surface area contributed by atoms with Gasteiger partial charge in [-0.1, -0.05) is 25.4 Å². The van der Waals surface area contributed by atoms with Crippen molar-refractivity contribution in [2.24, 2.45) is 0 Å². The molecule has 0 aromatic heterocycles. The lowest BCUT2D eigenvalue weighted by molar-refractivity contribution is 0.0691. The number of carboxylic acid groups (broad SMARTS) is 1. The summed E-state index contributed by atoms with van der Waals surface area (Å²) in [5.41, 5.74) is -0.178. The van der Waals surface area contributed by atoms with E-state index in [9.17, 15) is 14.0 Å². The summed E-state index contributed by atoms with van der Waals surface area (Å²) in [4.78, 5) is 23.5. The fraction of sp³-hybridized carbons (Fsp3) is 0.300. The van der Waals surface area contributed by atoms with E-state index in [1.165, 1.54) is 25.3 Å². The van der Waals surface area contributed by atoms with Gasteiger partial charge in [0.05, 0.1) is 23.8 Å². The van der Waals surface area contributed by atoms with Crippen molar-refractivity contribution in [1.29, 1.82) is 0 Å². The molecule has 0 saturated heterocycles. The van der Waals surface area contributed by atoms with E-state index in [0.717, 1.165) is 25.0 Å². The molecular weight excluding hydrogens is 389 g/mol. The van der Waals surface area contributed by atoms with Crippen molar-refractivity contribution >= 4 is 29.2 Å². The third-order valence-corrected chi connectivity index (χ3v) is 4.42. The maximum absolute atomic E-state index is 13.8. The number of carboxylic acids is 1. The van der Waals surface area contributed by atoms with E-state index in [2.05, 4.69) is 5.32 Å². The highest BCUT2D eigenvalue weighted by Gasteiger charge is 2.19. The molecule has 0 heterocycles. The number of benzene rings is 2. The quantitative estimate of drug-likeness (QED) is 0.640. The zero-order chi connectivity index (χ0) is 20.8. The Kier molecular flexibility index (Phi) is 7.23. The number of carbonyl (C=O) groups excluding carboxylic acids is 1. The minimum atomic E-state index is -1.39. The minimum Gasteiger partial charge on any atom is -0.491 e. The summed E-state index contributed by atoms with van der Waals surface area (Å²) >= 11 is 6.22. The molecule has 0 unspecified atom stereocenters. The van der Waals surface area contributed by atoms with Gasteiger partial charge in [-0.3, -0.25) is 4.79 Å². The standard InChI is InChI=1S/C20H21ClFNO5/c1-4-13(5-2)28-17-9-11(8-15(21)18(17)27-3)19(24)23-12-6-7-14(20(25)26)16(22)10-12/h6-10,13H,4-5H2,1-3H3,(H,23,24)(H,25,26). The first-order valence-corrected chi connectivity index (χ1v) is 9.06. The largest absolute Gasteiger partial charge is 0.491 e. The molecule has 1 amide bonds. The number of methoxy groups -OCH3 is 1. The Morgan fingerprint density at radius 3 is 2.43 bits per heavy atom. The van der Waals surface area contributed by atoms with E-state index >= 15 is 0 Å². The van der Waals surface area contributed by atoms with Gasteiger partial charge in [-0.25, -0.2) is 9.18 Å². The number of amides is 1. The van der Waals surface area contributed by atoms with Crippen LogP contribution in [0.15, 0.2) is 30.3 Å². The number of hydrogen-bond donors (Lipinski definition) is 2. The Morgan fingerprint density at radius 1 is 1.21 bits per heavy atom. The molecule has 8 heteroatoms. The molecule has 2 aromatic carbocycles. The lowest BCUT2D eigenvalue weighted by Gasteiger charge is -2.19. The van der Waals surface area contributed by atoms with Crippen LogP contribution in [0.3, 0.4) is 0 Å². The first-order chi connectivity index (χ1) is 13.3. The van der Waals surface area contributed by atoms with Gasteiger partial charge in [0.25, 0.3) is 5.91 Å². The van der Waals surface area contributed by atoms with Crippen molar-refractivity contribution in [3.8, 4) is 11.5 Å². The van der Waals surface area contributed by atoms with Crippen molar-refractivity contribution in [3.05, 3.63) is 52.3 Å². The number of carbonyl (C=O) groups is 2. The minimum absolute atomic E-state index is 0.0686. The third kappa shape index (κ3) is 4.92. The van der Waals surface area contributed by atoms with Gasteiger partial charge in [-0.05, 0) is 43.2 Å². The molecule has 0 fully saturated rings. The van der Waals surface area contributed by atoms with Crippen LogP contribution in [0.2, 0.25) is 5.02 Å². The second kappa shape index (κ2) is 9.41. The molecule has 2 aromatic rings. The molecule has 2 N–H and O–H groups in total.